The number of hydrogen-bond acceptors (Lipinski definition) is 2. The van der Waals surface area contributed by atoms with Crippen LogP contribution in [0.3, 0.4) is 0 Å². The smallest absolute Gasteiger partial charge is 0.166 e. The van der Waals surface area contributed by atoms with Gasteiger partial charge in [-0.3, -0.25) is 4.68 Å². The SMILES string of the molecule is C=CCNC(=S)NCCCn1cc(C)cn1. The van der Waals surface area contributed by atoms with E-state index < -0.39 is 0 Å². The van der Waals surface area contributed by atoms with E-state index in [2.05, 4.69) is 22.3 Å². The minimum atomic E-state index is 0.677. The zero-order chi connectivity index (χ0) is 11.8. The molecule has 4 nitrogen and oxygen atoms in total. The second kappa shape index (κ2) is 7.00. The molecule has 0 fully saturated rings. The van der Waals surface area contributed by atoms with Gasteiger partial charge in [-0.25, -0.2) is 0 Å². The molecule has 0 aliphatic carbocycles. The van der Waals surface area contributed by atoms with Crippen molar-refractivity contribution in [2.45, 2.75) is 19.9 Å². The van der Waals surface area contributed by atoms with Crippen molar-refractivity contribution in [1.29, 1.82) is 0 Å². The van der Waals surface area contributed by atoms with Crippen molar-refractivity contribution in [3.8, 4) is 0 Å². The summed E-state index contributed by atoms with van der Waals surface area (Å²) in [7, 11) is 0. The summed E-state index contributed by atoms with van der Waals surface area (Å²) in [4.78, 5) is 0. The molecule has 0 bridgehead atoms. The Bertz CT molecular complexity index is 346. The van der Waals surface area contributed by atoms with Gasteiger partial charge in [0.05, 0.1) is 6.20 Å². The van der Waals surface area contributed by atoms with Gasteiger partial charge in [0.15, 0.2) is 5.11 Å². The molecule has 0 saturated carbocycles. The number of hydrogen-bond donors (Lipinski definition) is 2. The van der Waals surface area contributed by atoms with Gasteiger partial charge in [0.2, 0.25) is 0 Å². The fourth-order valence-corrected chi connectivity index (χ4v) is 1.44. The molecule has 0 atom stereocenters. The molecule has 0 aromatic carbocycles. The molecule has 0 aliphatic rings. The summed E-state index contributed by atoms with van der Waals surface area (Å²) in [5, 5.41) is 11.0. The summed E-state index contributed by atoms with van der Waals surface area (Å²) in [6.07, 6.45) is 6.68. The Hall–Kier alpha value is -1.36. The Morgan fingerprint density at radius 2 is 2.44 bits per heavy atom. The van der Waals surface area contributed by atoms with Gasteiger partial charge in [0, 0.05) is 25.8 Å². The Kier molecular flexibility index (Phi) is 5.56. The Balaban J connectivity index is 2.07. The Morgan fingerprint density at radius 3 is 3.06 bits per heavy atom. The molecule has 1 heterocycles. The normalized spacial score (nSPS) is 9.81. The van der Waals surface area contributed by atoms with Crippen molar-refractivity contribution in [2.75, 3.05) is 13.1 Å². The number of thiocarbonyl (C=S) groups is 1. The highest BCUT2D eigenvalue weighted by atomic mass is 32.1. The summed E-state index contributed by atoms with van der Waals surface area (Å²) in [6, 6.07) is 0. The molecule has 0 aliphatic heterocycles. The fourth-order valence-electron chi connectivity index (χ4n) is 1.26. The fraction of sp³-hybridized carbons (Fsp3) is 0.455. The summed E-state index contributed by atoms with van der Waals surface area (Å²) in [5.74, 6) is 0. The summed E-state index contributed by atoms with van der Waals surface area (Å²) >= 11 is 5.06. The van der Waals surface area contributed by atoms with Crippen LogP contribution in [0.5, 0.6) is 0 Å². The first kappa shape index (κ1) is 12.7. The molecule has 88 valence electrons. The first-order valence-electron chi connectivity index (χ1n) is 5.34. The molecule has 0 amide bonds. The molecule has 0 saturated heterocycles. The number of nitrogens with zero attached hydrogens (tertiary/aromatic N) is 2. The van der Waals surface area contributed by atoms with Gasteiger partial charge < -0.3 is 10.6 Å². The number of rotatable bonds is 6. The third-order valence-corrected chi connectivity index (χ3v) is 2.31. The summed E-state index contributed by atoms with van der Waals surface area (Å²) in [6.45, 7) is 8.10. The van der Waals surface area contributed by atoms with Crippen molar-refractivity contribution in [3.63, 3.8) is 0 Å². The number of aromatic nitrogens is 2. The van der Waals surface area contributed by atoms with Crippen LogP contribution in [0.4, 0.5) is 0 Å². The highest BCUT2D eigenvalue weighted by molar-refractivity contribution is 7.80. The highest BCUT2D eigenvalue weighted by Gasteiger charge is 1.95. The minimum absolute atomic E-state index is 0.677. The summed E-state index contributed by atoms with van der Waals surface area (Å²) in [5.41, 5.74) is 1.19. The second-order valence-corrected chi connectivity index (χ2v) is 3.97. The molecule has 16 heavy (non-hydrogen) atoms. The van der Waals surface area contributed by atoms with E-state index in [1.165, 1.54) is 5.56 Å². The predicted octanol–water partition coefficient (Wildman–Crippen LogP) is 1.23. The Morgan fingerprint density at radius 1 is 1.62 bits per heavy atom. The van der Waals surface area contributed by atoms with Crippen molar-refractivity contribution >= 4 is 17.3 Å². The lowest BCUT2D eigenvalue weighted by molar-refractivity contribution is 0.572. The maximum atomic E-state index is 5.06. The summed E-state index contributed by atoms with van der Waals surface area (Å²) < 4.78 is 1.94. The Labute approximate surface area is 102 Å². The monoisotopic (exact) mass is 238 g/mol. The van der Waals surface area contributed by atoms with E-state index in [0.29, 0.717) is 11.7 Å². The van der Waals surface area contributed by atoms with Crippen molar-refractivity contribution < 1.29 is 0 Å². The second-order valence-electron chi connectivity index (χ2n) is 3.56. The molecule has 1 aromatic rings. The lowest BCUT2D eigenvalue weighted by Crippen LogP contribution is -2.36. The van der Waals surface area contributed by atoms with Gasteiger partial charge in [-0.2, -0.15) is 5.10 Å². The number of nitrogens with one attached hydrogen (secondary N) is 2. The lowest BCUT2D eigenvalue weighted by Gasteiger charge is -2.08. The van der Waals surface area contributed by atoms with E-state index in [-0.39, 0.29) is 0 Å². The van der Waals surface area contributed by atoms with Crippen molar-refractivity contribution in [1.82, 2.24) is 20.4 Å². The quantitative estimate of drug-likeness (QED) is 0.444. The molecular formula is C11H18N4S. The van der Waals surface area contributed by atoms with Gasteiger partial charge >= 0.3 is 0 Å². The molecular weight excluding hydrogens is 220 g/mol. The average Bonchev–Trinajstić information content (AvgIpc) is 2.67. The van der Waals surface area contributed by atoms with E-state index in [1.54, 1.807) is 6.08 Å². The average molecular weight is 238 g/mol. The molecule has 1 rings (SSSR count). The predicted molar refractivity (Wildman–Crippen MR) is 70.4 cm³/mol. The highest BCUT2D eigenvalue weighted by Crippen LogP contribution is 1.95. The van der Waals surface area contributed by atoms with E-state index in [1.807, 2.05) is 24.0 Å². The standard InChI is InChI=1S/C11H18N4S/c1-3-5-12-11(16)13-6-4-7-15-9-10(2)8-14-15/h3,8-9H,1,4-7H2,2H3,(H2,12,13,16). The van der Waals surface area contributed by atoms with Gasteiger partial charge in [0.1, 0.15) is 0 Å². The van der Waals surface area contributed by atoms with Gasteiger partial charge in [-0.05, 0) is 31.1 Å². The molecule has 0 spiro atoms. The van der Waals surface area contributed by atoms with Gasteiger partial charge in [0.25, 0.3) is 0 Å². The third-order valence-electron chi connectivity index (χ3n) is 2.02. The molecule has 5 heteroatoms. The van der Waals surface area contributed by atoms with Crippen LogP contribution in [-0.2, 0) is 6.54 Å². The zero-order valence-electron chi connectivity index (χ0n) is 9.57. The largest absolute Gasteiger partial charge is 0.363 e. The number of aryl methyl sites for hydroxylation is 2. The third kappa shape index (κ3) is 4.93. The van der Waals surface area contributed by atoms with Gasteiger partial charge in [-0.15, -0.1) is 6.58 Å². The van der Waals surface area contributed by atoms with Crippen molar-refractivity contribution in [2.24, 2.45) is 0 Å². The van der Waals surface area contributed by atoms with Crippen LogP contribution in [0, 0.1) is 6.92 Å². The minimum Gasteiger partial charge on any atom is -0.363 e. The molecule has 0 radical (unpaired) electrons. The van der Waals surface area contributed by atoms with Gasteiger partial charge in [-0.1, -0.05) is 6.08 Å². The first-order chi connectivity index (χ1) is 7.72. The van der Waals surface area contributed by atoms with E-state index in [0.717, 1.165) is 19.5 Å². The zero-order valence-corrected chi connectivity index (χ0v) is 10.4. The van der Waals surface area contributed by atoms with E-state index in [9.17, 15) is 0 Å². The maximum absolute atomic E-state index is 5.06. The topological polar surface area (TPSA) is 41.9 Å². The molecule has 0 unspecified atom stereocenters. The van der Waals surface area contributed by atoms with Crippen LogP contribution in [-0.4, -0.2) is 28.0 Å². The van der Waals surface area contributed by atoms with E-state index >= 15 is 0 Å². The lowest BCUT2D eigenvalue weighted by atomic mass is 10.4. The first-order valence-corrected chi connectivity index (χ1v) is 5.75. The molecule has 1 aromatic heterocycles. The van der Waals surface area contributed by atoms with E-state index in [4.69, 9.17) is 12.2 Å². The van der Waals surface area contributed by atoms with Crippen LogP contribution in [0.15, 0.2) is 25.0 Å². The van der Waals surface area contributed by atoms with Crippen LogP contribution in [0.25, 0.3) is 0 Å². The van der Waals surface area contributed by atoms with Crippen molar-refractivity contribution in [3.05, 3.63) is 30.6 Å². The maximum Gasteiger partial charge on any atom is 0.166 e. The van der Waals surface area contributed by atoms with Crippen LogP contribution < -0.4 is 10.6 Å². The van der Waals surface area contributed by atoms with Crippen LogP contribution in [0.2, 0.25) is 0 Å². The molecule has 2 N–H and O–H groups in total. The van der Waals surface area contributed by atoms with Crippen LogP contribution in [0.1, 0.15) is 12.0 Å². The van der Waals surface area contributed by atoms with Crippen LogP contribution >= 0.6 is 12.2 Å².